The van der Waals surface area contributed by atoms with Crippen molar-refractivity contribution >= 4 is 23.4 Å². The Kier molecular flexibility index (Phi) is 6.53. The van der Waals surface area contributed by atoms with Crippen LogP contribution in [0, 0.1) is 6.92 Å². The van der Waals surface area contributed by atoms with Gasteiger partial charge >= 0.3 is 0 Å². The summed E-state index contributed by atoms with van der Waals surface area (Å²) in [6, 6.07) is 18.1. The Bertz CT molecular complexity index is 978. The Balaban J connectivity index is 1.56. The molecular weight excluding hydrogens is 392 g/mol. The van der Waals surface area contributed by atoms with Crippen molar-refractivity contribution in [1.29, 1.82) is 0 Å². The van der Waals surface area contributed by atoms with E-state index in [-0.39, 0.29) is 11.2 Å². The summed E-state index contributed by atoms with van der Waals surface area (Å²) >= 11 is 1.46. The van der Waals surface area contributed by atoms with Gasteiger partial charge in [-0.05, 0) is 51.0 Å². The molecule has 1 N–H and O–H groups in total. The molecule has 1 saturated carbocycles. The number of para-hydroxylation sites is 1. The van der Waals surface area contributed by atoms with Gasteiger partial charge in [-0.15, -0.1) is 10.2 Å². The summed E-state index contributed by atoms with van der Waals surface area (Å²) in [4.78, 5) is 12.8. The molecule has 1 amide bonds. The van der Waals surface area contributed by atoms with Gasteiger partial charge in [0.15, 0.2) is 5.16 Å². The molecule has 1 heterocycles. The highest BCUT2D eigenvalue weighted by Crippen LogP contribution is 2.35. The first-order chi connectivity index (χ1) is 14.6. The zero-order valence-electron chi connectivity index (χ0n) is 17.5. The SMILES string of the molecule is Cc1ccc(NC(=O)[C@H](C)Sc2nnc(C3CCCCC3)n2-c2ccccc2)cc1. The van der Waals surface area contributed by atoms with Gasteiger partial charge in [0, 0.05) is 17.3 Å². The maximum atomic E-state index is 12.8. The van der Waals surface area contributed by atoms with Crippen LogP contribution in [0.4, 0.5) is 5.69 Å². The first kappa shape index (κ1) is 20.7. The number of benzene rings is 2. The number of thioether (sulfide) groups is 1. The molecule has 0 radical (unpaired) electrons. The standard InChI is InChI=1S/C24H28N4OS/c1-17-13-15-20(16-14-17)25-23(29)18(2)30-24-27-26-22(19-9-5-3-6-10-19)28(24)21-11-7-4-8-12-21/h4,7-8,11-16,18-19H,3,5-6,9-10H2,1-2H3,(H,25,29)/t18-/m0/s1. The lowest BCUT2D eigenvalue weighted by Gasteiger charge is -2.22. The lowest BCUT2D eigenvalue weighted by molar-refractivity contribution is -0.115. The third-order valence-corrected chi connectivity index (χ3v) is 6.66. The molecule has 1 fully saturated rings. The van der Waals surface area contributed by atoms with Crippen LogP contribution in [0.25, 0.3) is 5.69 Å². The summed E-state index contributed by atoms with van der Waals surface area (Å²) in [6.07, 6.45) is 6.08. The minimum atomic E-state index is -0.294. The van der Waals surface area contributed by atoms with Gasteiger partial charge in [0.25, 0.3) is 0 Å². The van der Waals surface area contributed by atoms with E-state index in [1.807, 2.05) is 56.3 Å². The summed E-state index contributed by atoms with van der Waals surface area (Å²) in [5, 5.41) is 12.6. The molecule has 0 unspecified atom stereocenters. The number of nitrogens with one attached hydrogen (secondary N) is 1. The molecule has 1 aromatic heterocycles. The molecular formula is C24H28N4OS. The zero-order valence-corrected chi connectivity index (χ0v) is 18.4. The second-order valence-corrected chi connectivity index (χ2v) is 9.27. The summed E-state index contributed by atoms with van der Waals surface area (Å²) in [5.74, 6) is 1.41. The summed E-state index contributed by atoms with van der Waals surface area (Å²) in [5.41, 5.74) is 3.03. The van der Waals surface area contributed by atoms with Crippen molar-refractivity contribution < 1.29 is 4.79 Å². The van der Waals surface area contributed by atoms with Crippen LogP contribution in [0.15, 0.2) is 59.8 Å². The quantitative estimate of drug-likeness (QED) is 0.516. The summed E-state index contributed by atoms with van der Waals surface area (Å²) in [6.45, 7) is 3.95. The van der Waals surface area contributed by atoms with Crippen molar-refractivity contribution in [3.8, 4) is 5.69 Å². The first-order valence-electron chi connectivity index (χ1n) is 10.7. The monoisotopic (exact) mass is 420 g/mol. The number of carbonyl (C=O) groups is 1. The van der Waals surface area contributed by atoms with E-state index in [2.05, 4.69) is 32.2 Å². The molecule has 5 nitrogen and oxygen atoms in total. The van der Waals surface area contributed by atoms with E-state index in [9.17, 15) is 4.79 Å². The number of rotatable bonds is 6. The molecule has 0 aliphatic heterocycles. The number of carbonyl (C=O) groups excluding carboxylic acids is 1. The fraction of sp³-hybridized carbons (Fsp3) is 0.375. The Morgan fingerprint density at radius 3 is 2.43 bits per heavy atom. The predicted molar refractivity (Wildman–Crippen MR) is 122 cm³/mol. The van der Waals surface area contributed by atoms with Gasteiger partial charge in [0.05, 0.1) is 5.25 Å². The topological polar surface area (TPSA) is 59.8 Å². The van der Waals surface area contributed by atoms with Gasteiger partial charge in [-0.2, -0.15) is 0 Å². The highest BCUT2D eigenvalue weighted by Gasteiger charge is 2.26. The third kappa shape index (κ3) is 4.75. The number of amides is 1. The van der Waals surface area contributed by atoms with E-state index in [0.29, 0.717) is 5.92 Å². The average Bonchev–Trinajstić information content (AvgIpc) is 3.20. The van der Waals surface area contributed by atoms with Gasteiger partial charge < -0.3 is 5.32 Å². The van der Waals surface area contributed by atoms with E-state index in [1.165, 1.54) is 36.6 Å². The van der Waals surface area contributed by atoms with Gasteiger partial charge in [-0.1, -0.05) is 66.9 Å². The van der Waals surface area contributed by atoms with E-state index in [4.69, 9.17) is 0 Å². The zero-order chi connectivity index (χ0) is 20.9. The summed E-state index contributed by atoms with van der Waals surface area (Å²) < 4.78 is 2.15. The van der Waals surface area contributed by atoms with Crippen molar-refractivity contribution in [1.82, 2.24) is 14.8 Å². The van der Waals surface area contributed by atoms with Gasteiger partial charge in [0.1, 0.15) is 5.82 Å². The second-order valence-electron chi connectivity index (χ2n) is 7.96. The molecule has 3 aromatic rings. The maximum absolute atomic E-state index is 12.8. The van der Waals surface area contributed by atoms with Gasteiger partial charge in [-0.25, -0.2) is 0 Å². The Morgan fingerprint density at radius 1 is 1.03 bits per heavy atom. The van der Waals surface area contributed by atoms with E-state index in [1.54, 1.807) is 0 Å². The minimum absolute atomic E-state index is 0.0364. The predicted octanol–water partition coefficient (Wildman–Crippen LogP) is 5.74. The van der Waals surface area contributed by atoms with Crippen molar-refractivity contribution in [3.63, 3.8) is 0 Å². The Hall–Kier alpha value is -2.60. The molecule has 1 atom stereocenters. The number of hydrogen-bond donors (Lipinski definition) is 1. The normalized spacial score (nSPS) is 15.7. The number of anilines is 1. The molecule has 156 valence electrons. The van der Waals surface area contributed by atoms with Gasteiger partial charge in [0.2, 0.25) is 5.91 Å². The van der Waals surface area contributed by atoms with Gasteiger partial charge in [-0.3, -0.25) is 9.36 Å². The fourth-order valence-corrected chi connectivity index (χ4v) is 4.77. The molecule has 1 aliphatic rings. The first-order valence-corrected chi connectivity index (χ1v) is 11.5. The lowest BCUT2D eigenvalue weighted by Crippen LogP contribution is -2.23. The lowest BCUT2D eigenvalue weighted by atomic mass is 9.88. The molecule has 2 aromatic carbocycles. The van der Waals surface area contributed by atoms with Crippen LogP contribution >= 0.6 is 11.8 Å². The van der Waals surface area contributed by atoms with Crippen LogP contribution in [0.3, 0.4) is 0 Å². The largest absolute Gasteiger partial charge is 0.325 e. The van der Waals surface area contributed by atoms with Crippen molar-refractivity contribution in [3.05, 3.63) is 66.0 Å². The number of aryl methyl sites for hydroxylation is 1. The highest BCUT2D eigenvalue weighted by atomic mass is 32.2. The fourth-order valence-electron chi connectivity index (χ4n) is 3.89. The van der Waals surface area contributed by atoms with E-state index < -0.39 is 0 Å². The van der Waals surface area contributed by atoms with Crippen LogP contribution in [-0.4, -0.2) is 25.9 Å². The van der Waals surface area contributed by atoms with Crippen LogP contribution in [0.1, 0.15) is 56.3 Å². The van der Waals surface area contributed by atoms with Crippen molar-refractivity contribution in [2.75, 3.05) is 5.32 Å². The molecule has 0 saturated heterocycles. The van der Waals surface area contributed by atoms with Crippen LogP contribution < -0.4 is 5.32 Å². The van der Waals surface area contributed by atoms with Crippen molar-refractivity contribution in [2.45, 2.75) is 62.3 Å². The van der Waals surface area contributed by atoms with Crippen LogP contribution in [0.5, 0.6) is 0 Å². The molecule has 30 heavy (non-hydrogen) atoms. The molecule has 4 rings (SSSR count). The average molecular weight is 421 g/mol. The highest BCUT2D eigenvalue weighted by molar-refractivity contribution is 8.00. The molecule has 0 spiro atoms. The number of nitrogens with zero attached hydrogens (tertiary/aromatic N) is 3. The van der Waals surface area contributed by atoms with Crippen molar-refractivity contribution in [2.24, 2.45) is 0 Å². The van der Waals surface area contributed by atoms with Crippen LogP contribution in [0.2, 0.25) is 0 Å². The van der Waals surface area contributed by atoms with E-state index in [0.717, 1.165) is 35.2 Å². The molecule has 1 aliphatic carbocycles. The summed E-state index contributed by atoms with van der Waals surface area (Å²) in [7, 11) is 0. The Morgan fingerprint density at radius 2 is 1.73 bits per heavy atom. The smallest absolute Gasteiger partial charge is 0.237 e. The maximum Gasteiger partial charge on any atom is 0.237 e. The Labute approximate surface area is 182 Å². The molecule has 0 bridgehead atoms. The number of aromatic nitrogens is 3. The number of hydrogen-bond acceptors (Lipinski definition) is 4. The minimum Gasteiger partial charge on any atom is -0.325 e. The molecule has 6 heteroatoms. The second kappa shape index (κ2) is 9.47. The van der Waals surface area contributed by atoms with Crippen LogP contribution in [-0.2, 0) is 4.79 Å². The third-order valence-electron chi connectivity index (χ3n) is 5.61. The van der Waals surface area contributed by atoms with E-state index >= 15 is 0 Å².